The molecule has 0 aromatic carbocycles. The third-order valence-electron chi connectivity index (χ3n) is 3.54. The van der Waals surface area contributed by atoms with E-state index >= 15 is 0 Å². The van der Waals surface area contributed by atoms with E-state index in [0.717, 1.165) is 29.4 Å². The number of anilines is 1. The number of nitrogens with zero attached hydrogens (tertiary/aromatic N) is 3. The summed E-state index contributed by atoms with van der Waals surface area (Å²) in [6.45, 7) is 3.95. The lowest BCUT2D eigenvalue weighted by Gasteiger charge is -2.12. The summed E-state index contributed by atoms with van der Waals surface area (Å²) < 4.78 is 1.65. The molecule has 0 fully saturated rings. The molecule has 0 bridgehead atoms. The van der Waals surface area contributed by atoms with Gasteiger partial charge in [0.25, 0.3) is 5.56 Å². The molecule has 6 nitrogen and oxygen atoms in total. The van der Waals surface area contributed by atoms with Crippen molar-refractivity contribution in [3.8, 4) is 0 Å². The van der Waals surface area contributed by atoms with E-state index in [1.54, 1.807) is 22.4 Å². The molecule has 1 unspecified atom stereocenters. The average molecular weight is 350 g/mol. The highest BCUT2D eigenvalue weighted by Crippen LogP contribution is 2.32. The molecule has 2 aromatic heterocycles. The van der Waals surface area contributed by atoms with Gasteiger partial charge in [0.05, 0.1) is 11.7 Å². The lowest BCUT2D eigenvalue weighted by Crippen LogP contribution is -2.27. The zero-order valence-electron chi connectivity index (χ0n) is 13.0. The summed E-state index contributed by atoms with van der Waals surface area (Å²) in [4.78, 5) is 33.3. The molecule has 1 aliphatic heterocycles. The summed E-state index contributed by atoms with van der Waals surface area (Å²) in [5, 5.41) is 6.01. The Labute approximate surface area is 142 Å². The zero-order valence-corrected chi connectivity index (χ0v) is 14.7. The second-order valence-electron chi connectivity index (χ2n) is 5.50. The number of rotatable bonds is 5. The molecule has 0 aliphatic carbocycles. The van der Waals surface area contributed by atoms with Crippen molar-refractivity contribution in [2.45, 2.75) is 44.3 Å². The number of carbonyl (C=O) groups is 1. The molecule has 1 N–H and O–H groups in total. The Morgan fingerprint density at radius 3 is 3.00 bits per heavy atom. The standard InChI is InChI=1S/C15H18N4O2S2/c1-3-4-10-5-13(21)19-11(8-23-15(19)17-10)6-12(20)18-14-16-9(2)7-22-14/h5,7,11H,3-4,6,8H2,1-2H3,(H,16,18,20). The third-order valence-corrected chi connectivity index (χ3v) is 5.51. The van der Waals surface area contributed by atoms with E-state index in [2.05, 4.69) is 22.2 Å². The number of amides is 1. The number of thioether (sulfide) groups is 1. The van der Waals surface area contributed by atoms with Crippen LogP contribution in [0.3, 0.4) is 0 Å². The van der Waals surface area contributed by atoms with E-state index in [-0.39, 0.29) is 23.9 Å². The van der Waals surface area contributed by atoms with Gasteiger partial charge in [0.15, 0.2) is 10.3 Å². The number of carbonyl (C=O) groups excluding carboxylic acids is 1. The van der Waals surface area contributed by atoms with Gasteiger partial charge in [-0.2, -0.15) is 0 Å². The third kappa shape index (κ3) is 3.64. The van der Waals surface area contributed by atoms with Crippen LogP contribution < -0.4 is 10.9 Å². The number of hydrogen-bond donors (Lipinski definition) is 1. The van der Waals surface area contributed by atoms with Gasteiger partial charge in [0, 0.05) is 29.3 Å². The average Bonchev–Trinajstić information content (AvgIpc) is 3.06. The van der Waals surface area contributed by atoms with Gasteiger partial charge >= 0.3 is 0 Å². The molecular weight excluding hydrogens is 332 g/mol. The SMILES string of the molecule is CCCc1cc(=O)n2c(n1)SCC2CC(=O)Nc1nc(C)cs1. The molecule has 2 aromatic rings. The number of hydrogen-bond acceptors (Lipinski definition) is 6. The van der Waals surface area contributed by atoms with Crippen LogP contribution in [0, 0.1) is 6.92 Å². The quantitative estimate of drug-likeness (QED) is 0.839. The fourth-order valence-corrected chi connectivity index (χ4v) is 4.40. The summed E-state index contributed by atoms with van der Waals surface area (Å²) in [5.74, 6) is 0.574. The Balaban J connectivity index is 1.72. The number of nitrogens with one attached hydrogen (secondary N) is 1. The Morgan fingerprint density at radius 2 is 2.30 bits per heavy atom. The molecule has 122 valence electrons. The van der Waals surface area contributed by atoms with Crippen LogP contribution >= 0.6 is 23.1 Å². The van der Waals surface area contributed by atoms with Crippen molar-refractivity contribution in [3.05, 3.63) is 33.2 Å². The fourth-order valence-electron chi connectivity index (χ4n) is 2.53. The van der Waals surface area contributed by atoms with Gasteiger partial charge < -0.3 is 5.32 Å². The number of thiazole rings is 1. The maximum atomic E-state index is 12.3. The first-order valence-electron chi connectivity index (χ1n) is 7.54. The van der Waals surface area contributed by atoms with E-state index in [1.807, 2.05) is 12.3 Å². The van der Waals surface area contributed by atoms with Gasteiger partial charge in [-0.25, -0.2) is 9.97 Å². The molecule has 1 amide bonds. The maximum absolute atomic E-state index is 12.3. The highest BCUT2D eigenvalue weighted by atomic mass is 32.2. The minimum absolute atomic E-state index is 0.0636. The van der Waals surface area contributed by atoms with Crippen molar-refractivity contribution in [2.24, 2.45) is 0 Å². The van der Waals surface area contributed by atoms with Gasteiger partial charge in [0.2, 0.25) is 5.91 Å². The van der Waals surface area contributed by atoms with Crippen molar-refractivity contribution in [1.82, 2.24) is 14.5 Å². The van der Waals surface area contributed by atoms with Gasteiger partial charge in [0.1, 0.15) is 0 Å². The first-order valence-corrected chi connectivity index (χ1v) is 9.40. The zero-order chi connectivity index (χ0) is 16.4. The molecule has 0 radical (unpaired) electrons. The minimum atomic E-state index is -0.147. The van der Waals surface area contributed by atoms with Crippen LogP contribution in [-0.4, -0.2) is 26.2 Å². The fraction of sp³-hybridized carbons (Fsp3) is 0.467. The van der Waals surface area contributed by atoms with Crippen molar-refractivity contribution in [3.63, 3.8) is 0 Å². The highest BCUT2D eigenvalue weighted by molar-refractivity contribution is 7.99. The Morgan fingerprint density at radius 1 is 1.48 bits per heavy atom. The summed E-state index contributed by atoms with van der Waals surface area (Å²) in [6, 6.07) is 1.44. The number of fused-ring (bicyclic) bond motifs is 1. The van der Waals surface area contributed by atoms with E-state index in [0.29, 0.717) is 10.9 Å². The van der Waals surface area contributed by atoms with Crippen LogP contribution in [0.1, 0.15) is 37.2 Å². The smallest absolute Gasteiger partial charge is 0.254 e. The Bertz CT molecular complexity index is 784. The van der Waals surface area contributed by atoms with Crippen LogP contribution in [0.2, 0.25) is 0 Å². The predicted octanol–water partition coefficient (Wildman–Crippen LogP) is 2.64. The molecule has 8 heteroatoms. The lowest BCUT2D eigenvalue weighted by atomic mass is 10.2. The number of aryl methyl sites for hydroxylation is 2. The Kier molecular flexibility index (Phi) is 4.82. The molecule has 0 saturated heterocycles. The van der Waals surface area contributed by atoms with E-state index < -0.39 is 0 Å². The largest absolute Gasteiger partial charge is 0.302 e. The molecular formula is C15H18N4O2S2. The van der Waals surface area contributed by atoms with Crippen LogP contribution in [0.5, 0.6) is 0 Å². The second-order valence-corrected chi connectivity index (χ2v) is 7.34. The Hall–Kier alpha value is -1.67. The van der Waals surface area contributed by atoms with E-state index in [1.165, 1.54) is 11.3 Å². The van der Waals surface area contributed by atoms with Crippen molar-refractivity contribution in [1.29, 1.82) is 0 Å². The van der Waals surface area contributed by atoms with Crippen LogP contribution in [0.4, 0.5) is 5.13 Å². The monoisotopic (exact) mass is 350 g/mol. The van der Waals surface area contributed by atoms with Gasteiger partial charge in [-0.15, -0.1) is 11.3 Å². The summed E-state index contributed by atoms with van der Waals surface area (Å²) in [7, 11) is 0. The van der Waals surface area contributed by atoms with Crippen molar-refractivity contribution >= 4 is 34.1 Å². The van der Waals surface area contributed by atoms with Gasteiger partial charge in [-0.3, -0.25) is 14.2 Å². The van der Waals surface area contributed by atoms with Crippen LogP contribution in [0.15, 0.2) is 21.4 Å². The van der Waals surface area contributed by atoms with Gasteiger partial charge in [-0.05, 0) is 13.3 Å². The van der Waals surface area contributed by atoms with Crippen molar-refractivity contribution in [2.75, 3.05) is 11.1 Å². The minimum Gasteiger partial charge on any atom is -0.302 e. The first-order chi connectivity index (χ1) is 11.1. The molecule has 23 heavy (non-hydrogen) atoms. The summed E-state index contributed by atoms with van der Waals surface area (Å²) in [6.07, 6.45) is 2.02. The maximum Gasteiger partial charge on any atom is 0.254 e. The second kappa shape index (κ2) is 6.84. The van der Waals surface area contributed by atoms with Crippen molar-refractivity contribution < 1.29 is 4.79 Å². The van der Waals surface area contributed by atoms with Crippen LogP contribution in [0.25, 0.3) is 0 Å². The van der Waals surface area contributed by atoms with Gasteiger partial charge in [-0.1, -0.05) is 25.1 Å². The van der Waals surface area contributed by atoms with Crippen LogP contribution in [-0.2, 0) is 11.2 Å². The van der Waals surface area contributed by atoms with E-state index in [9.17, 15) is 9.59 Å². The molecule has 3 heterocycles. The van der Waals surface area contributed by atoms with E-state index in [4.69, 9.17) is 0 Å². The lowest BCUT2D eigenvalue weighted by molar-refractivity contribution is -0.116. The molecule has 3 rings (SSSR count). The molecule has 0 saturated carbocycles. The predicted molar refractivity (Wildman–Crippen MR) is 92.4 cm³/mol. The molecule has 1 atom stereocenters. The first kappa shape index (κ1) is 16.2. The molecule has 0 spiro atoms. The number of aromatic nitrogens is 3. The summed E-state index contributed by atoms with van der Waals surface area (Å²) in [5.41, 5.74) is 1.65. The summed E-state index contributed by atoms with van der Waals surface area (Å²) >= 11 is 2.94. The highest BCUT2D eigenvalue weighted by Gasteiger charge is 2.27. The topological polar surface area (TPSA) is 76.9 Å². The normalized spacial score (nSPS) is 16.3. The molecule has 1 aliphatic rings.